The van der Waals surface area contributed by atoms with Gasteiger partial charge in [-0.2, -0.15) is 5.10 Å². The van der Waals surface area contributed by atoms with Crippen molar-refractivity contribution in [2.75, 3.05) is 0 Å². The molecule has 1 aromatic heterocycles. The van der Waals surface area contributed by atoms with E-state index in [9.17, 15) is 0 Å². The van der Waals surface area contributed by atoms with Gasteiger partial charge in [0.25, 0.3) is 0 Å². The van der Waals surface area contributed by atoms with E-state index in [2.05, 4.69) is 12.0 Å². The average molecular weight is 230 g/mol. The van der Waals surface area contributed by atoms with Gasteiger partial charge in [0, 0.05) is 24.3 Å². The molecule has 0 spiro atoms. The highest BCUT2D eigenvalue weighted by Crippen LogP contribution is 2.04. The fourth-order valence-electron chi connectivity index (χ4n) is 1.00. The van der Waals surface area contributed by atoms with Crippen molar-refractivity contribution in [3.63, 3.8) is 0 Å². The van der Waals surface area contributed by atoms with Crippen LogP contribution in [0.3, 0.4) is 0 Å². The summed E-state index contributed by atoms with van der Waals surface area (Å²) in [4.78, 5) is 0. The van der Waals surface area contributed by atoms with Gasteiger partial charge in [0.2, 0.25) is 0 Å². The average Bonchev–Trinajstić information content (AvgIpc) is 2.30. The van der Waals surface area contributed by atoms with Gasteiger partial charge >= 0.3 is 0 Å². The zero-order valence-electron chi connectivity index (χ0n) is 7.78. The lowest BCUT2D eigenvalue weighted by Crippen LogP contribution is -2.01. The lowest BCUT2D eigenvalue weighted by Gasteiger charge is -1.98. The lowest BCUT2D eigenvalue weighted by atomic mass is 10.3. The Morgan fingerprint density at radius 3 is 2.23 bits per heavy atom. The van der Waals surface area contributed by atoms with Crippen molar-refractivity contribution in [2.24, 2.45) is 5.73 Å². The van der Waals surface area contributed by atoms with Crippen molar-refractivity contribution in [2.45, 2.75) is 26.9 Å². The quantitative estimate of drug-likeness (QED) is 0.811. The standard InChI is InChI=1S/C7H13N3.2ClH.H2O/c1-3-10-6(2)7(4-8)5-9-10;;;/h5H,3-4,8H2,1-2H3;2*1H;1H2. The van der Waals surface area contributed by atoms with Gasteiger partial charge in [-0.25, -0.2) is 0 Å². The first kappa shape index (κ1) is 18.5. The maximum atomic E-state index is 5.47. The molecule has 0 bridgehead atoms. The summed E-state index contributed by atoms with van der Waals surface area (Å²) in [6.07, 6.45) is 1.83. The van der Waals surface area contributed by atoms with E-state index in [1.165, 1.54) is 5.69 Å². The SMILES string of the molecule is CCn1ncc(CN)c1C.Cl.Cl.O. The number of hydrogen-bond donors (Lipinski definition) is 1. The molecule has 1 heterocycles. The third kappa shape index (κ3) is 3.95. The predicted molar refractivity (Wildman–Crippen MR) is 58.6 cm³/mol. The molecule has 80 valence electrons. The Morgan fingerprint density at radius 2 is 2.00 bits per heavy atom. The van der Waals surface area contributed by atoms with E-state index in [-0.39, 0.29) is 30.3 Å². The monoisotopic (exact) mass is 229 g/mol. The molecule has 0 saturated heterocycles. The van der Waals surface area contributed by atoms with Crippen LogP contribution in [0.2, 0.25) is 0 Å². The fourth-order valence-corrected chi connectivity index (χ4v) is 1.00. The molecule has 4 N–H and O–H groups in total. The van der Waals surface area contributed by atoms with Gasteiger partial charge < -0.3 is 11.2 Å². The van der Waals surface area contributed by atoms with Crippen molar-refractivity contribution in [3.05, 3.63) is 17.5 Å². The Hall–Kier alpha value is -0.290. The molecule has 13 heavy (non-hydrogen) atoms. The summed E-state index contributed by atoms with van der Waals surface area (Å²) in [5.74, 6) is 0. The molecule has 0 fully saturated rings. The van der Waals surface area contributed by atoms with Crippen LogP contribution < -0.4 is 5.73 Å². The highest BCUT2D eigenvalue weighted by Gasteiger charge is 2.00. The summed E-state index contributed by atoms with van der Waals surface area (Å²) < 4.78 is 1.95. The molecule has 0 radical (unpaired) electrons. The zero-order valence-corrected chi connectivity index (χ0v) is 9.41. The van der Waals surface area contributed by atoms with Crippen LogP contribution in [0.1, 0.15) is 18.2 Å². The van der Waals surface area contributed by atoms with Crippen molar-refractivity contribution >= 4 is 24.8 Å². The van der Waals surface area contributed by atoms with Crippen LogP contribution in [0, 0.1) is 6.92 Å². The third-order valence-electron chi connectivity index (χ3n) is 1.72. The molecule has 0 aliphatic rings. The topological polar surface area (TPSA) is 75.3 Å². The Bertz CT molecular complexity index is 206. The van der Waals surface area contributed by atoms with E-state index in [0.29, 0.717) is 6.54 Å². The molecule has 0 aliphatic heterocycles. The second-order valence-corrected chi connectivity index (χ2v) is 2.28. The van der Waals surface area contributed by atoms with E-state index >= 15 is 0 Å². The number of nitrogens with zero attached hydrogens (tertiary/aromatic N) is 2. The van der Waals surface area contributed by atoms with E-state index in [4.69, 9.17) is 5.73 Å². The van der Waals surface area contributed by atoms with E-state index in [1.54, 1.807) is 0 Å². The zero-order chi connectivity index (χ0) is 7.56. The highest BCUT2D eigenvalue weighted by molar-refractivity contribution is 5.85. The Labute approximate surface area is 90.6 Å². The smallest absolute Gasteiger partial charge is 0.0537 e. The number of halogens is 2. The normalized spacial score (nSPS) is 7.92. The highest BCUT2D eigenvalue weighted by atomic mass is 35.5. The summed E-state index contributed by atoms with van der Waals surface area (Å²) >= 11 is 0. The number of hydrogen-bond acceptors (Lipinski definition) is 2. The van der Waals surface area contributed by atoms with E-state index in [0.717, 1.165) is 12.1 Å². The molecular formula is C7H17Cl2N3O. The molecule has 0 amide bonds. The molecule has 4 nitrogen and oxygen atoms in total. The molecule has 1 rings (SSSR count). The second-order valence-electron chi connectivity index (χ2n) is 2.28. The lowest BCUT2D eigenvalue weighted by molar-refractivity contribution is 0.638. The number of aryl methyl sites for hydroxylation is 1. The second kappa shape index (κ2) is 8.31. The molecule has 1 aromatic rings. The van der Waals surface area contributed by atoms with E-state index in [1.807, 2.05) is 17.8 Å². The molecular weight excluding hydrogens is 213 g/mol. The van der Waals surface area contributed by atoms with Gasteiger partial charge in [-0.05, 0) is 13.8 Å². The summed E-state index contributed by atoms with van der Waals surface area (Å²) in [5.41, 5.74) is 7.79. The summed E-state index contributed by atoms with van der Waals surface area (Å²) in [7, 11) is 0. The van der Waals surface area contributed by atoms with Crippen molar-refractivity contribution in [3.8, 4) is 0 Å². The van der Waals surface area contributed by atoms with Crippen molar-refractivity contribution in [1.82, 2.24) is 9.78 Å². The Balaban J connectivity index is -0.000000333. The van der Waals surface area contributed by atoms with Gasteiger partial charge in [-0.15, -0.1) is 24.8 Å². The molecule has 0 aliphatic carbocycles. The van der Waals surface area contributed by atoms with Gasteiger partial charge in [-0.3, -0.25) is 4.68 Å². The van der Waals surface area contributed by atoms with Crippen molar-refractivity contribution < 1.29 is 5.48 Å². The molecule has 0 saturated carbocycles. The summed E-state index contributed by atoms with van der Waals surface area (Å²) in [5, 5.41) is 4.14. The maximum absolute atomic E-state index is 5.47. The van der Waals surface area contributed by atoms with Crippen LogP contribution in [0.25, 0.3) is 0 Å². The summed E-state index contributed by atoms with van der Waals surface area (Å²) in [6, 6.07) is 0. The van der Waals surface area contributed by atoms with Gasteiger partial charge in [0.1, 0.15) is 0 Å². The number of rotatable bonds is 2. The number of aromatic nitrogens is 2. The van der Waals surface area contributed by atoms with Crippen LogP contribution in [-0.4, -0.2) is 15.3 Å². The largest absolute Gasteiger partial charge is 0.412 e. The van der Waals surface area contributed by atoms with Crippen LogP contribution in [0.15, 0.2) is 6.20 Å². The molecule has 0 atom stereocenters. The molecule has 0 unspecified atom stereocenters. The van der Waals surface area contributed by atoms with Gasteiger partial charge in [0.15, 0.2) is 0 Å². The first-order valence-corrected chi connectivity index (χ1v) is 3.51. The van der Waals surface area contributed by atoms with E-state index < -0.39 is 0 Å². The first-order chi connectivity index (χ1) is 4.79. The maximum Gasteiger partial charge on any atom is 0.0537 e. The van der Waals surface area contributed by atoms with Crippen LogP contribution in [0.5, 0.6) is 0 Å². The summed E-state index contributed by atoms with van der Waals surface area (Å²) in [6.45, 7) is 5.62. The van der Waals surface area contributed by atoms with Crippen LogP contribution in [0.4, 0.5) is 0 Å². The first-order valence-electron chi connectivity index (χ1n) is 3.51. The minimum absolute atomic E-state index is 0. The Morgan fingerprint density at radius 1 is 1.46 bits per heavy atom. The van der Waals surface area contributed by atoms with Crippen LogP contribution >= 0.6 is 24.8 Å². The van der Waals surface area contributed by atoms with Crippen molar-refractivity contribution in [1.29, 1.82) is 0 Å². The molecule has 0 aromatic carbocycles. The fraction of sp³-hybridized carbons (Fsp3) is 0.571. The minimum atomic E-state index is 0. The number of nitrogens with two attached hydrogens (primary N) is 1. The Kier molecular flexibility index (Phi) is 11.8. The van der Waals surface area contributed by atoms with Gasteiger partial charge in [0.05, 0.1) is 6.20 Å². The van der Waals surface area contributed by atoms with Gasteiger partial charge in [-0.1, -0.05) is 0 Å². The van der Waals surface area contributed by atoms with Crippen LogP contribution in [-0.2, 0) is 13.1 Å². The minimum Gasteiger partial charge on any atom is -0.412 e. The predicted octanol–water partition coefficient (Wildman–Crippen LogP) is 0.689. The third-order valence-corrected chi connectivity index (χ3v) is 1.72. The molecule has 6 heteroatoms.